The Hall–Kier alpha value is -2.25. The third kappa shape index (κ3) is 3.32. The average molecular weight is 350 g/mol. The Kier molecular flexibility index (Phi) is 4.64. The van der Waals surface area contributed by atoms with Crippen molar-refractivity contribution in [2.24, 2.45) is 0 Å². The van der Waals surface area contributed by atoms with Gasteiger partial charge in [-0.25, -0.2) is 21.9 Å². The van der Waals surface area contributed by atoms with Gasteiger partial charge in [-0.05, 0) is 36.1 Å². The Morgan fingerprint density at radius 2 is 1.67 bits per heavy atom. The first kappa shape index (κ1) is 16.6. The zero-order valence-electron chi connectivity index (χ0n) is 12.7. The Balaban J connectivity index is 1.64. The Morgan fingerprint density at radius 1 is 0.958 bits per heavy atom. The largest absolute Gasteiger partial charge is 0.347 e. The normalized spacial score (nSPS) is 11.9. The summed E-state index contributed by atoms with van der Waals surface area (Å²) in [6.45, 7) is 0.679. The number of aromatic nitrogens is 1. The Labute approximate surface area is 138 Å². The molecular formula is C17H16F2N2O2S. The molecule has 7 heteroatoms. The smallest absolute Gasteiger partial charge is 0.246 e. The second-order valence-electron chi connectivity index (χ2n) is 5.37. The van der Waals surface area contributed by atoms with E-state index in [1.54, 1.807) is 0 Å². The van der Waals surface area contributed by atoms with Crippen LogP contribution in [0.25, 0.3) is 10.9 Å². The first-order chi connectivity index (χ1) is 11.5. The van der Waals surface area contributed by atoms with Crippen LogP contribution in [-0.4, -0.2) is 19.5 Å². The highest BCUT2D eigenvalue weighted by Crippen LogP contribution is 2.18. The fourth-order valence-electron chi connectivity index (χ4n) is 2.60. The van der Waals surface area contributed by atoms with Gasteiger partial charge >= 0.3 is 0 Å². The summed E-state index contributed by atoms with van der Waals surface area (Å²) in [6.07, 6.45) is 2.42. The van der Waals surface area contributed by atoms with Crippen LogP contribution in [-0.2, 0) is 16.6 Å². The molecule has 0 unspecified atom stereocenters. The molecule has 0 radical (unpaired) electrons. The topological polar surface area (TPSA) is 51.1 Å². The van der Waals surface area contributed by atoms with E-state index in [4.69, 9.17) is 0 Å². The van der Waals surface area contributed by atoms with Gasteiger partial charge in [0.15, 0.2) is 4.90 Å². The lowest BCUT2D eigenvalue weighted by Gasteiger charge is -2.09. The molecule has 3 aromatic rings. The number of rotatable bonds is 6. The molecule has 0 atom stereocenters. The van der Waals surface area contributed by atoms with Crippen LogP contribution in [0.1, 0.15) is 6.42 Å². The first-order valence-corrected chi connectivity index (χ1v) is 8.95. The first-order valence-electron chi connectivity index (χ1n) is 7.46. The molecule has 0 bridgehead atoms. The van der Waals surface area contributed by atoms with Gasteiger partial charge in [0.05, 0.1) is 0 Å². The van der Waals surface area contributed by atoms with Gasteiger partial charge < -0.3 is 4.57 Å². The molecule has 1 heterocycles. The van der Waals surface area contributed by atoms with Crippen molar-refractivity contribution in [3.05, 3.63) is 66.4 Å². The van der Waals surface area contributed by atoms with Crippen LogP contribution in [0.3, 0.4) is 0 Å². The summed E-state index contributed by atoms with van der Waals surface area (Å²) in [7, 11) is -4.21. The summed E-state index contributed by atoms with van der Waals surface area (Å²) in [4.78, 5) is -0.934. The van der Waals surface area contributed by atoms with E-state index in [-0.39, 0.29) is 6.54 Å². The standard InChI is InChI=1S/C17H16F2N2O2S/c18-14-6-3-7-15(19)17(14)24(22,23)20-10-4-11-21-12-9-13-5-1-2-8-16(13)21/h1-3,5-9,12,20H,4,10-11H2. The number of aryl methyl sites for hydroxylation is 1. The zero-order valence-corrected chi connectivity index (χ0v) is 13.6. The van der Waals surface area contributed by atoms with Gasteiger partial charge in [-0.2, -0.15) is 0 Å². The van der Waals surface area contributed by atoms with Crippen molar-refractivity contribution in [2.45, 2.75) is 17.9 Å². The summed E-state index contributed by atoms with van der Waals surface area (Å²) in [5, 5.41) is 1.10. The van der Waals surface area contributed by atoms with E-state index in [2.05, 4.69) is 4.72 Å². The Morgan fingerprint density at radius 3 is 2.42 bits per heavy atom. The molecule has 0 saturated heterocycles. The summed E-state index contributed by atoms with van der Waals surface area (Å²) < 4.78 is 55.5. The maximum atomic E-state index is 13.6. The summed E-state index contributed by atoms with van der Waals surface area (Å²) in [5.41, 5.74) is 1.06. The van der Waals surface area contributed by atoms with E-state index in [0.717, 1.165) is 29.1 Å². The lowest BCUT2D eigenvalue weighted by Crippen LogP contribution is -2.27. The third-order valence-electron chi connectivity index (χ3n) is 3.74. The molecule has 24 heavy (non-hydrogen) atoms. The second-order valence-corrected chi connectivity index (χ2v) is 7.07. The van der Waals surface area contributed by atoms with E-state index in [1.165, 1.54) is 0 Å². The lowest BCUT2D eigenvalue weighted by molar-refractivity contribution is 0.512. The SMILES string of the molecule is O=S(=O)(NCCCn1ccc2ccccc21)c1c(F)cccc1F. The van der Waals surface area contributed by atoms with E-state index < -0.39 is 26.6 Å². The number of hydrogen-bond acceptors (Lipinski definition) is 2. The minimum Gasteiger partial charge on any atom is -0.347 e. The molecule has 1 N–H and O–H groups in total. The number of fused-ring (bicyclic) bond motifs is 1. The van der Waals surface area contributed by atoms with Gasteiger partial charge in [0.2, 0.25) is 10.0 Å². The number of nitrogens with one attached hydrogen (secondary N) is 1. The predicted octanol–water partition coefficient (Wildman–Crippen LogP) is 3.29. The van der Waals surface area contributed by atoms with Gasteiger partial charge in [-0.1, -0.05) is 24.3 Å². The molecule has 0 spiro atoms. The van der Waals surface area contributed by atoms with Gasteiger partial charge in [-0.15, -0.1) is 0 Å². The summed E-state index contributed by atoms with van der Waals surface area (Å²) in [5.74, 6) is -2.20. The van der Waals surface area contributed by atoms with Crippen LogP contribution in [0, 0.1) is 11.6 Å². The van der Waals surface area contributed by atoms with Crippen molar-refractivity contribution in [2.75, 3.05) is 6.54 Å². The maximum Gasteiger partial charge on any atom is 0.246 e. The predicted molar refractivity (Wildman–Crippen MR) is 88.1 cm³/mol. The van der Waals surface area contributed by atoms with E-state index in [1.807, 2.05) is 41.1 Å². The van der Waals surface area contributed by atoms with Gasteiger partial charge in [0.25, 0.3) is 0 Å². The Bertz CT molecular complexity index is 947. The number of nitrogens with zero attached hydrogens (tertiary/aromatic N) is 1. The van der Waals surface area contributed by atoms with E-state index in [0.29, 0.717) is 13.0 Å². The van der Waals surface area contributed by atoms with Crippen LogP contribution in [0.4, 0.5) is 8.78 Å². The fourth-order valence-corrected chi connectivity index (χ4v) is 3.81. The van der Waals surface area contributed by atoms with E-state index in [9.17, 15) is 17.2 Å². The molecule has 0 aliphatic heterocycles. The highest BCUT2D eigenvalue weighted by atomic mass is 32.2. The number of sulfonamides is 1. The van der Waals surface area contributed by atoms with Crippen molar-refractivity contribution in [3.63, 3.8) is 0 Å². The second kappa shape index (κ2) is 6.70. The number of halogens is 2. The van der Waals surface area contributed by atoms with Crippen molar-refractivity contribution in [1.82, 2.24) is 9.29 Å². The highest BCUT2D eigenvalue weighted by Gasteiger charge is 2.23. The number of benzene rings is 2. The zero-order chi connectivity index (χ0) is 17.2. The molecule has 3 rings (SSSR count). The van der Waals surface area contributed by atoms with Crippen molar-refractivity contribution in [3.8, 4) is 0 Å². The molecule has 0 fully saturated rings. The monoisotopic (exact) mass is 350 g/mol. The van der Waals surface area contributed by atoms with Crippen molar-refractivity contribution >= 4 is 20.9 Å². The van der Waals surface area contributed by atoms with E-state index >= 15 is 0 Å². The highest BCUT2D eigenvalue weighted by molar-refractivity contribution is 7.89. The molecule has 2 aromatic carbocycles. The molecule has 0 aliphatic rings. The molecule has 4 nitrogen and oxygen atoms in total. The summed E-state index contributed by atoms with van der Waals surface area (Å²) >= 11 is 0. The summed E-state index contributed by atoms with van der Waals surface area (Å²) in [6, 6.07) is 12.8. The minimum atomic E-state index is -4.21. The maximum absolute atomic E-state index is 13.6. The lowest BCUT2D eigenvalue weighted by atomic mass is 10.2. The van der Waals surface area contributed by atoms with Crippen molar-refractivity contribution < 1.29 is 17.2 Å². The molecule has 0 amide bonds. The minimum absolute atomic E-state index is 0.0859. The number of para-hydroxylation sites is 1. The fraction of sp³-hybridized carbons (Fsp3) is 0.176. The van der Waals surface area contributed by atoms with Crippen LogP contribution < -0.4 is 4.72 Å². The van der Waals surface area contributed by atoms with Crippen LogP contribution in [0.2, 0.25) is 0 Å². The van der Waals surface area contributed by atoms with Crippen molar-refractivity contribution in [1.29, 1.82) is 0 Å². The molecule has 126 valence electrons. The molecule has 0 aliphatic carbocycles. The van der Waals surface area contributed by atoms with Gasteiger partial charge in [-0.3, -0.25) is 0 Å². The quantitative estimate of drug-likeness (QED) is 0.694. The van der Waals surface area contributed by atoms with Gasteiger partial charge in [0.1, 0.15) is 11.6 Å². The number of hydrogen-bond donors (Lipinski definition) is 1. The van der Waals surface area contributed by atoms with Gasteiger partial charge in [0, 0.05) is 24.8 Å². The molecular weight excluding hydrogens is 334 g/mol. The van der Waals surface area contributed by atoms with Crippen LogP contribution >= 0.6 is 0 Å². The average Bonchev–Trinajstić information content (AvgIpc) is 2.94. The van der Waals surface area contributed by atoms with Crippen LogP contribution in [0.5, 0.6) is 0 Å². The van der Waals surface area contributed by atoms with Crippen LogP contribution in [0.15, 0.2) is 59.6 Å². The third-order valence-corrected chi connectivity index (χ3v) is 5.25. The molecule has 1 aromatic heterocycles. The molecule has 0 saturated carbocycles.